The molecule has 0 saturated carbocycles. The largest absolute Gasteiger partial charge is 0.464 e. The fourth-order valence-corrected chi connectivity index (χ4v) is 3.55. The molecule has 3 amide bonds. The van der Waals surface area contributed by atoms with Crippen molar-refractivity contribution in [2.75, 3.05) is 18.1 Å². The summed E-state index contributed by atoms with van der Waals surface area (Å²) < 4.78 is 4.97. The van der Waals surface area contributed by atoms with Crippen LogP contribution in [0.25, 0.3) is 0 Å². The van der Waals surface area contributed by atoms with Crippen LogP contribution in [0.2, 0.25) is 0 Å². The molecule has 0 heterocycles. The number of carbonyl (C=O) groups is 4. The third-order valence-corrected chi connectivity index (χ3v) is 5.56. The maximum Gasteiger partial charge on any atom is 0.329 e. The molecule has 34 heavy (non-hydrogen) atoms. The van der Waals surface area contributed by atoms with Gasteiger partial charge >= 0.3 is 5.97 Å². The van der Waals surface area contributed by atoms with Gasteiger partial charge in [-0.3, -0.25) is 14.4 Å². The van der Waals surface area contributed by atoms with Gasteiger partial charge in [0.05, 0.1) is 6.61 Å². The molecule has 2 rings (SSSR count). The van der Waals surface area contributed by atoms with Gasteiger partial charge in [0.25, 0.3) is 5.91 Å². The van der Waals surface area contributed by atoms with E-state index in [1.807, 2.05) is 30.3 Å². The molecule has 0 aliphatic heterocycles. The first-order valence-corrected chi connectivity index (χ1v) is 12.0. The summed E-state index contributed by atoms with van der Waals surface area (Å²) in [5.41, 5.74) is 1.20. The maximum atomic E-state index is 13.0. The molecule has 3 N–H and O–H groups in total. The maximum absolute atomic E-state index is 13.0. The summed E-state index contributed by atoms with van der Waals surface area (Å²) in [6.07, 6.45) is 0.173. The van der Waals surface area contributed by atoms with Crippen LogP contribution >= 0.6 is 25.3 Å². The van der Waals surface area contributed by atoms with Crippen molar-refractivity contribution in [1.82, 2.24) is 16.0 Å². The van der Waals surface area contributed by atoms with Crippen LogP contribution in [0.1, 0.15) is 22.8 Å². The Morgan fingerprint density at radius 2 is 1.29 bits per heavy atom. The number of ether oxygens (including phenoxy) is 1. The SMILES string of the molecule is CCOC(=O)[C@H](CS)NC(=O)[C@H](Cc1ccccc1)NC(=O)[C@H](CS)NC(=O)c1ccccc1. The Bertz CT molecular complexity index is 960. The molecule has 0 unspecified atom stereocenters. The highest BCUT2D eigenvalue weighted by Gasteiger charge is 2.29. The van der Waals surface area contributed by atoms with E-state index in [-0.39, 0.29) is 24.5 Å². The van der Waals surface area contributed by atoms with Gasteiger partial charge < -0.3 is 20.7 Å². The van der Waals surface area contributed by atoms with Crippen LogP contribution in [0.5, 0.6) is 0 Å². The smallest absolute Gasteiger partial charge is 0.329 e. The minimum Gasteiger partial charge on any atom is -0.464 e. The molecule has 0 fully saturated rings. The van der Waals surface area contributed by atoms with E-state index in [0.717, 1.165) is 5.56 Å². The van der Waals surface area contributed by atoms with Crippen LogP contribution < -0.4 is 16.0 Å². The number of hydrogen-bond donors (Lipinski definition) is 5. The lowest BCUT2D eigenvalue weighted by Gasteiger charge is -2.24. The molecule has 0 saturated heterocycles. The average Bonchev–Trinajstić information content (AvgIpc) is 2.86. The van der Waals surface area contributed by atoms with Gasteiger partial charge in [-0.1, -0.05) is 48.5 Å². The third kappa shape index (κ3) is 8.42. The first-order valence-electron chi connectivity index (χ1n) is 10.8. The zero-order valence-corrected chi connectivity index (χ0v) is 20.6. The quantitative estimate of drug-likeness (QED) is 0.222. The number of hydrogen-bond acceptors (Lipinski definition) is 7. The molecule has 0 aliphatic rings. The Hall–Kier alpha value is -2.98. The predicted octanol–water partition coefficient (Wildman–Crippen LogP) is 1.42. The molecule has 8 nitrogen and oxygen atoms in total. The van der Waals surface area contributed by atoms with Gasteiger partial charge in [0, 0.05) is 23.5 Å². The normalized spacial score (nSPS) is 13.1. The van der Waals surface area contributed by atoms with Gasteiger partial charge in [-0.2, -0.15) is 25.3 Å². The average molecular weight is 504 g/mol. The second-order valence-electron chi connectivity index (χ2n) is 7.32. The third-order valence-electron chi connectivity index (χ3n) is 4.83. The zero-order chi connectivity index (χ0) is 24.9. The molecule has 0 aromatic heterocycles. The number of esters is 1. The number of nitrogens with one attached hydrogen (secondary N) is 3. The van der Waals surface area contributed by atoms with Crippen molar-refractivity contribution in [3.8, 4) is 0 Å². The fraction of sp³-hybridized carbons (Fsp3) is 0.333. The molecular weight excluding hydrogens is 474 g/mol. The van der Waals surface area contributed by atoms with Gasteiger partial charge in [-0.15, -0.1) is 0 Å². The van der Waals surface area contributed by atoms with Crippen LogP contribution in [0.15, 0.2) is 60.7 Å². The van der Waals surface area contributed by atoms with Crippen molar-refractivity contribution in [1.29, 1.82) is 0 Å². The van der Waals surface area contributed by atoms with E-state index in [4.69, 9.17) is 4.74 Å². The Labute approximate surface area is 210 Å². The van der Waals surface area contributed by atoms with E-state index in [1.54, 1.807) is 37.3 Å². The van der Waals surface area contributed by atoms with Crippen molar-refractivity contribution >= 4 is 48.9 Å². The van der Waals surface area contributed by atoms with E-state index >= 15 is 0 Å². The number of amides is 3. The van der Waals surface area contributed by atoms with Crippen molar-refractivity contribution in [3.63, 3.8) is 0 Å². The highest BCUT2D eigenvalue weighted by atomic mass is 32.1. The molecule has 0 aliphatic carbocycles. The number of benzene rings is 2. The van der Waals surface area contributed by atoms with Crippen molar-refractivity contribution < 1.29 is 23.9 Å². The Morgan fingerprint density at radius 3 is 1.85 bits per heavy atom. The van der Waals surface area contributed by atoms with E-state index < -0.39 is 41.8 Å². The lowest BCUT2D eigenvalue weighted by atomic mass is 10.0. The van der Waals surface area contributed by atoms with E-state index in [9.17, 15) is 19.2 Å². The molecule has 10 heteroatoms. The Kier molecular flexibility index (Phi) is 11.5. The van der Waals surface area contributed by atoms with Crippen LogP contribution in [-0.4, -0.2) is 59.9 Å². The lowest BCUT2D eigenvalue weighted by Crippen LogP contribution is -2.57. The predicted molar refractivity (Wildman–Crippen MR) is 136 cm³/mol. The van der Waals surface area contributed by atoms with Crippen LogP contribution in [0.4, 0.5) is 0 Å². The highest BCUT2D eigenvalue weighted by Crippen LogP contribution is 2.06. The second kappa shape index (κ2) is 14.3. The van der Waals surface area contributed by atoms with Crippen LogP contribution in [-0.2, 0) is 25.5 Å². The van der Waals surface area contributed by atoms with E-state index in [0.29, 0.717) is 5.56 Å². The molecule has 2 aromatic rings. The number of carbonyl (C=O) groups excluding carboxylic acids is 4. The Morgan fingerprint density at radius 1 is 0.765 bits per heavy atom. The monoisotopic (exact) mass is 503 g/mol. The molecule has 0 spiro atoms. The van der Waals surface area contributed by atoms with E-state index in [2.05, 4.69) is 41.2 Å². The van der Waals surface area contributed by atoms with Crippen molar-refractivity contribution in [3.05, 3.63) is 71.8 Å². The molecule has 2 aromatic carbocycles. The minimum absolute atomic E-state index is 0.0200. The molecule has 182 valence electrons. The second-order valence-corrected chi connectivity index (χ2v) is 8.05. The number of rotatable bonds is 12. The highest BCUT2D eigenvalue weighted by molar-refractivity contribution is 7.80. The van der Waals surface area contributed by atoms with Gasteiger partial charge in [0.2, 0.25) is 11.8 Å². The van der Waals surface area contributed by atoms with Gasteiger partial charge in [0.15, 0.2) is 0 Å². The van der Waals surface area contributed by atoms with Crippen LogP contribution in [0.3, 0.4) is 0 Å². The zero-order valence-electron chi connectivity index (χ0n) is 18.8. The van der Waals surface area contributed by atoms with Crippen molar-refractivity contribution in [2.45, 2.75) is 31.5 Å². The lowest BCUT2D eigenvalue weighted by molar-refractivity contribution is -0.146. The van der Waals surface area contributed by atoms with E-state index in [1.165, 1.54) is 0 Å². The van der Waals surface area contributed by atoms with Gasteiger partial charge in [0.1, 0.15) is 18.1 Å². The summed E-state index contributed by atoms with van der Waals surface area (Å²) in [6.45, 7) is 1.82. The summed E-state index contributed by atoms with van der Waals surface area (Å²) in [5, 5.41) is 7.90. The van der Waals surface area contributed by atoms with Crippen molar-refractivity contribution in [2.24, 2.45) is 0 Å². The minimum atomic E-state index is -1.01. The fourth-order valence-electron chi connectivity index (χ4n) is 3.05. The number of thiol groups is 2. The standard InChI is InChI=1S/C24H29N3O5S2/c1-2-32-24(31)20(15-34)27-22(29)18(13-16-9-5-3-6-10-16)25-23(30)19(14-33)26-21(28)17-11-7-4-8-12-17/h3-12,18-20,33-34H,2,13-15H2,1H3,(H,25,30)(H,26,28)(H,27,29)/t18-,19-,20-/m0/s1. The summed E-state index contributed by atoms with van der Waals surface area (Å²) in [5.74, 6) is -2.14. The summed E-state index contributed by atoms with van der Waals surface area (Å²) >= 11 is 8.31. The summed E-state index contributed by atoms with van der Waals surface area (Å²) in [7, 11) is 0. The first kappa shape index (κ1) is 27.3. The molecule has 0 radical (unpaired) electrons. The summed E-state index contributed by atoms with van der Waals surface area (Å²) in [6, 6.07) is 14.6. The first-order chi connectivity index (χ1) is 16.4. The summed E-state index contributed by atoms with van der Waals surface area (Å²) in [4.78, 5) is 50.6. The van der Waals surface area contributed by atoms with Gasteiger partial charge in [-0.25, -0.2) is 4.79 Å². The molecular formula is C24H29N3O5S2. The van der Waals surface area contributed by atoms with Crippen LogP contribution in [0, 0.1) is 0 Å². The Balaban J connectivity index is 2.15. The molecule has 3 atom stereocenters. The topological polar surface area (TPSA) is 114 Å². The van der Waals surface area contributed by atoms with Gasteiger partial charge in [-0.05, 0) is 24.6 Å². The molecule has 0 bridgehead atoms.